The van der Waals surface area contributed by atoms with Crippen LogP contribution in [0, 0.1) is 0 Å². The van der Waals surface area contributed by atoms with E-state index in [1.807, 2.05) is 12.1 Å². The van der Waals surface area contributed by atoms with Crippen LogP contribution in [0.25, 0.3) is 0 Å². The number of hydrogen-bond acceptors (Lipinski definition) is 5. The van der Waals surface area contributed by atoms with Crippen molar-refractivity contribution in [2.75, 3.05) is 36.5 Å². The van der Waals surface area contributed by atoms with Crippen LogP contribution in [-0.4, -0.2) is 43.6 Å². The van der Waals surface area contributed by atoms with E-state index in [-0.39, 0.29) is 35.7 Å². The summed E-state index contributed by atoms with van der Waals surface area (Å²) in [5.74, 6) is 0.677. The summed E-state index contributed by atoms with van der Waals surface area (Å²) >= 11 is 0. The van der Waals surface area contributed by atoms with E-state index in [0.29, 0.717) is 25.4 Å². The molecule has 0 atom stereocenters. The third kappa shape index (κ3) is 7.24. The van der Waals surface area contributed by atoms with Crippen LogP contribution in [0.5, 0.6) is 5.75 Å². The Kier molecular flexibility index (Phi) is 8.32. The number of pyridine rings is 1. The topological polar surface area (TPSA) is 85.0 Å². The smallest absolute Gasteiger partial charge is 0.406 e. The van der Waals surface area contributed by atoms with Crippen LogP contribution in [0.15, 0.2) is 47.6 Å². The van der Waals surface area contributed by atoms with Gasteiger partial charge in [-0.05, 0) is 30.3 Å². The molecule has 3 N–H and O–H groups in total. The SMILES string of the molecule is I.NC(=NCc1cccnc1N1CCOCC1)Nc1ccc(OC(F)(F)F)cc1. The molecule has 0 saturated carbocycles. The molecular weight excluding hydrogens is 502 g/mol. The Morgan fingerprint density at radius 2 is 1.90 bits per heavy atom. The molecule has 7 nitrogen and oxygen atoms in total. The zero-order chi connectivity index (χ0) is 20.0. The van der Waals surface area contributed by atoms with E-state index in [0.717, 1.165) is 24.5 Å². The van der Waals surface area contributed by atoms with Gasteiger partial charge in [0, 0.05) is 30.5 Å². The Morgan fingerprint density at radius 3 is 2.55 bits per heavy atom. The third-order valence-electron chi connectivity index (χ3n) is 3.96. The van der Waals surface area contributed by atoms with Crippen molar-refractivity contribution < 1.29 is 22.6 Å². The molecule has 1 saturated heterocycles. The molecule has 0 spiro atoms. The molecule has 11 heteroatoms. The molecular formula is C18H21F3IN5O2. The van der Waals surface area contributed by atoms with Crippen molar-refractivity contribution in [1.29, 1.82) is 0 Å². The number of ether oxygens (including phenoxy) is 2. The fourth-order valence-corrected chi connectivity index (χ4v) is 2.71. The Hall–Kier alpha value is -2.28. The minimum Gasteiger partial charge on any atom is -0.406 e. The van der Waals surface area contributed by atoms with Crippen LogP contribution in [0.3, 0.4) is 0 Å². The number of aliphatic imine (C=N–C) groups is 1. The molecule has 1 aliphatic heterocycles. The molecule has 0 amide bonds. The van der Waals surface area contributed by atoms with E-state index in [2.05, 4.69) is 24.9 Å². The number of rotatable bonds is 5. The highest BCUT2D eigenvalue weighted by atomic mass is 127. The van der Waals surface area contributed by atoms with E-state index in [1.165, 1.54) is 24.3 Å². The summed E-state index contributed by atoms with van der Waals surface area (Å²) in [5, 5.41) is 2.84. The number of anilines is 2. The number of aromatic nitrogens is 1. The van der Waals surface area contributed by atoms with Crippen LogP contribution in [-0.2, 0) is 11.3 Å². The van der Waals surface area contributed by atoms with E-state index in [4.69, 9.17) is 10.5 Å². The van der Waals surface area contributed by atoms with Crippen LogP contribution < -0.4 is 20.7 Å². The Bertz CT molecular complexity index is 812. The summed E-state index contributed by atoms with van der Waals surface area (Å²) in [5.41, 5.74) is 7.31. The molecule has 158 valence electrons. The van der Waals surface area contributed by atoms with Crippen molar-refractivity contribution in [2.45, 2.75) is 12.9 Å². The lowest BCUT2D eigenvalue weighted by Gasteiger charge is -2.29. The molecule has 0 radical (unpaired) electrons. The number of nitrogens with two attached hydrogens (primary N) is 1. The number of morpholine rings is 1. The Morgan fingerprint density at radius 1 is 1.21 bits per heavy atom. The highest BCUT2D eigenvalue weighted by Gasteiger charge is 2.30. The first-order valence-electron chi connectivity index (χ1n) is 8.60. The van der Waals surface area contributed by atoms with Crippen molar-refractivity contribution >= 4 is 41.4 Å². The predicted octanol–water partition coefficient (Wildman–Crippen LogP) is 3.36. The average Bonchev–Trinajstić information content (AvgIpc) is 2.68. The highest BCUT2D eigenvalue weighted by molar-refractivity contribution is 14.0. The Labute approximate surface area is 183 Å². The number of hydrogen-bond donors (Lipinski definition) is 2. The van der Waals surface area contributed by atoms with Crippen molar-refractivity contribution in [3.05, 3.63) is 48.2 Å². The van der Waals surface area contributed by atoms with Gasteiger partial charge in [-0.1, -0.05) is 6.07 Å². The van der Waals surface area contributed by atoms with Gasteiger partial charge in [-0.2, -0.15) is 0 Å². The van der Waals surface area contributed by atoms with Gasteiger partial charge in [0.2, 0.25) is 0 Å². The van der Waals surface area contributed by atoms with Gasteiger partial charge in [0.05, 0.1) is 19.8 Å². The number of benzene rings is 1. The highest BCUT2D eigenvalue weighted by Crippen LogP contribution is 2.24. The number of guanidine groups is 1. The van der Waals surface area contributed by atoms with Crippen LogP contribution in [0.4, 0.5) is 24.7 Å². The van der Waals surface area contributed by atoms with Crippen molar-refractivity contribution in [1.82, 2.24) is 4.98 Å². The lowest BCUT2D eigenvalue weighted by atomic mass is 10.2. The van der Waals surface area contributed by atoms with Gasteiger partial charge in [-0.3, -0.25) is 0 Å². The van der Waals surface area contributed by atoms with Gasteiger partial charge in [-0.25, -0.2) is 9.98 Å². The average molecular weight is 523 g/mol. The maximum Gasteiger partial charge on any atom is 0.573 e. The molecule has 2 heterocycles. The molecule has 1 fully saturated rings. The molecule has 2 aromatic rings. The van der Waals surface area contributed by atoms with E-state index in [9.17, 15) is 13.2 Å². The summed E-state index contributed by atoms with van der Waals surface area (Å²) in [6.45, 7) is 3.13. The second-order valence-corrected chi connectivity index (χ2v) is 5.98. The summed E-state index contributed by atoms with van der Waals surface area (Å²) in [6, 6.07) is 9.00. The van der Waals surface area contributed by atoms with Gasteiger partial charge < -0.3 is 25.4 Å². The van der Waals surface area contributed by atoms with Crippen LogP contribution in [0.1, 0.15) is 5.56 Å². The fourth-order valence-electron chi connectivity index (χ4n) is 2.71. The van der Waals surface area contributed by atoms with Crippen molar-refractivity contribution in [2.24, 2.45) is 10.7 Å². The molecule has 29 heavy (non-hydrogen) atoms. The zero-order valence-electron chi connectivity index (χ0n) is 15.4. The number of nitrogens with one attached hydrogen (secondary N) is 1. The largest absolute Gasteiger partial charge is 0.573 e. The first kappa shape index (κ1) is 23.0. The van der Waals surface area contributed by atoms with Gasteiger partial charge in [0.25, 0.3) is 0 Å². The number of halogens is 4. The number of alkyl halides is 3. The summed E-state index contributed by atoms with van der Waals surface area (Å²) in [7, 11) is 0. The molecule has 0 unspecified atom stereocenters. The Balaban J connectivity index is 0.00000300. The normalized spacial score (nSPS) is 14.9. The minimum atomic E-state index is -4.72. The van der Waals surface area contributed by atoms with Gasteiger partial charge >= 0.3 is 6.36 Å². The molecule has 1 aliphatic rings. The van der Waals surface area contributed by atoms with E-state index in [1.54, 1.807) is 6.20 Å². The molecule has 0 aliphatic carbocycles. The zero-order valence-corrected chi connectivity index (χ0v) is 17.7. The van der Waals surface area contributed by atoms with E-state index >= 15 is 0 Å². The maximum atomic E-state index is 12.2. The quantitative estimate of drug-likeness (QED) is 0.356. The van der Waals surface area contributed by atoms with Crippen LogP contribution in [0.2, 0.25) is 0 Å². The first-order valence-corrected chi connectivity index (χ1v) is 8.60. The maximum absolute atomic E-state index is 12.2. The summed E-state index contributed by atoms with van der Waals surface area (Å²) in [4.78, 5) is 10.9. The second-order valence-electron chi connectivity index (χ2n) is 5.98. The fraction of sp³-hybridized carbons (Fsp3) is 0.333. The predicted molar refractivity (Wildman–Crippen MR) is 115 cm³/mol. The monoisotopic (exact) mass is 523 g/mol. The van der Waals surface area contributed by atoms with Gasteiger partial charge in [-0.15, -0.1) is 37.1 Å². The summed E-state index contributed by atoms with van der Waals surface area (Å²) in [6.07, 6.45) is -3.00. The number of nitrogens with zero attached hydrogens (tertiary/aromatic N) is 3. The van der Waals surface area contributed by atoms with Gasteiger partial charge in [0.15, 0.2) is 5.96 Å². The lowest BCUT2D eigenvalue weighted by molar-refractivity contribution is -0.274. The lowest BCUT2D eigenvalue weighted by Crippen LogP contribution is -2.37. The third-order valence-corrected chi connectivity index (χ3v) is 3.96. The standard InChI is InChI=1S/C18H20F3N5O2.HI/c19-18(20,21)28-15-5-3-14(4-6-15)25-17(22)24-12-13-2-1-7-23-16(13)26-8-10-27-11-9-26;/h1-7H,8-12H2,(H3,22,24,25);1H. The van der Waals surface area contributed by atoms with E-state index < -0.39 is 6.36 Å². The van der Waals surface area contributed by atoms with Crippen molar-refractivity contribution in [3.63, 3.8) is 0 Å². The second kappa shape index (κ2) is 10.5. The molecule has 1 aromatic heterocycles. The van der Waals surface area contributed by atoms with Gasteiger partial charge in [0.1, 0.15) is 11.6 Å². The van der Waals surface area contributed by atoms with Crippen LogP contribution >= 0.6 is 24.0 Å². The minimum absolute atomic E-state index is 0. The molecule has 1 aromatic carbocycles. The molecule has 3 rings (SSSR count). The summed E-state index contributed by atoms with van der Waals surface area (Å²) < 4.78 is 45.8. The molecule has 0 bridgehead atoms. The van der Waals surface area contributed by atoms with Crippen molar-refractivity contribution in [3.8, 4) is 5.75 Å². The first-order chi connectivity index (χ1) is 13.4.